The first-order valence-corrected chi connectivity index (χ1v) is 8.53. The molecule has 1 N–H and O–H groups in total. The second kappa shape index (κ2) is 7.32. The van der Waals surface area contributed by atoms with E-state index in [1.54, 1.807) is 0 Å². The van der Waals surface area contributed by atoms with Crippen LogP contribution in [0, 0.1) is 0 Å². The van der Waals surface area contributed by atoms with E-state index in [0.717, 1.165) is 38.0 Å². The molecular formula is C17H22ClN3O2. The summed E-state index contributed by atoms with van der Waals surface area (Å²) in [6.07, 6.45) is 2.32. The molecule has 2 heterocycles. The predicted octanol–water partition coefficient (Wildman–Crippen LogP) is 1.31. The van der Waals surface area contributed by atoms with Crippen LogP contribution in [-0.4, -0.2) is 60.4 Å². The molecule has 2 fully saturated rings. The van der Waals surface area contributed by atoms with Gasteiger partial charge in [0.25, 0.3) is 0 Å². The molecule has 0 spiro atoms. The van der Waals surface area contributed by atoms with E-state index >= 15 is 0 Å². The Morgan fingerprint density at radius 1 is 1.26 bits per heavy atom. The van der Waals surface area contributed by atoms with E-state index in [-0.39, 0.29) is 17.9 Å². The number of carbonyl (C=O) groups excluding carboxylic acids is 2. The van der Waals surface area contributed by atoms with Crippen LogP contribution in [0.25, 0.3) is 0 Å². The SMILES string of the molecule is O=C(Cc1ccc(Cl)cc1)N1CCCC(N2CCNCC2=O)C1. The first-order valence-electron chi connectivity index (χ1n) is 8.16. The third kappa shape index (κ3) is 4.03. The smallest absolute Gasteiger partial charge is 0.236 e. The van der Waals surface area contributed by atoms with E-state index in [9.17, 15) is 9.59 Å². The molecule has 1 aromatic carbocycles. The van der Waals surface area contributed by atoms with Crippen LogP contribution in [0.15, 0.2) is 24.3 Å². The second-order valence-corrected chi connectivity index (χ2v) is 6.64. The van der Waals surface area contributed by atoms with E-state index in [1.807, 2.05) is 34.1 Å². The van der Waals surface area contributed by atoms with Crippen molar-refractivity contribution in [3.63, 3.8) is 0 Å². The van der Waals surface area contributed by atoms with Crippen LogP contribution in [0.5, 0.6) is 0 Å². The summed E-state index contributed by atoms with van der Waals surface area (Å²) in [5.74, 6) is 0.271. The van der Waals surface area contributed by atoms with Crippen LogP contribution in [0.3, 0.4) is 0 Å². The van der Waals surface area contributed by atoms with Gasteiger partial charge in [-0.15, -0.1) is 0 Å². The summed E-state index contributed by atoms with van der Waals surface area (Å²) in [4.78, 5) is 28.4. The van der Waals surface area contributed by atoms with Crippen molar-refractivity contribution in [2.75, 3.05) is 32.7 Å². The Kier molecular flexibility index (Phi) is 5.18. The molecule has 5 nitrogen and oxygen atoms in total. The fourth-order valence-corrected chi connectivity index (χ4v) is 3.46. The van der Waals surface area contributed by atoms with Gasteiger partial charge in [0.2, 0.25) is 11.8 Å². The Morgan fingerprint density at radius 3 is 2.78 bits per heavy atom. The van der Waals surface area contributed by atoms with E-state index in [2.05, 4.69) is 5.32 Å². The van der Waals surface area contributed by atoms with Gasteiger partial charge in [0.1, 0.15) is 0 Å². The number of hydrogen-bond donors (Lipinski definition) is 1. The second-order valence-electron chi connectivity index (χ2n) is 6.20. The van der Waals surface area contributed by atoms with Crippen LogP contribution < -0.4 is 5.32 Å². The molecule has 2 saturated heterocycles. The van der Waals surface area contributed by atoms with Crippen LogP contribution in [0.1, 0.15) is 18.4 Å². The van der Waals surface area contributed by atoms with Crippen molar-refractivity contribution < 1.29 is 9.59 Å². The van der Waals surface area contributed by atoms with E-state index in [1.165, 1.54) is 0 Å². The minimum atomic E-state index is 0.125. The largest absolute Gasteiger partial charge is 0.340 e. The van der Waals surface area contributed by atoms with Gasteiger partial charge < -0.3 is 15.1 Å². The fourth-order valence-electron chi connectivity index (χ4n) is 3.33. The average Bonchev–Trinajstić information content (AvgIpc) is 2.57. The quantitative estimate of drug-likeness (QED) is 0.906. The molecule has 3 rings (SSSR count). The summed E-state index contributed by atoms with van der Waals surface area (Å²) in [6.45, 7) is 3.42. The lowest BCUT2D eigenvalue weighted by Crippen LogP contribution is -2.57. The zero-order valence-electron chi connectivity index (χ0n) is 13.1. The number of hydrogen-bond acceptors (Lipinski definition) is 3. The predicted molar refractivity (Wildman–Crippen MR) is 89.3 cm³/mol. The summed E-state index contributed by atoms with van der Waals surface area (Å²) in [5, 5.41) is 3.77. The Bertz CT molecular complexity index is 576. The molecule has 1 aromatic rings. The number of amides is 2. The van der Waals surface area contributed by atoms with Gasteiger partial charge in [-0.3, -0.25) is 9.59 Å². The van der Waals surface area contributed by atoms with Crippen molar-refractivity contribution in [3.8, 4) is 0 Å². The average molecular weight is 336 g/mol. The fraction of sp³-hybridized carbons (Fsp3) is 0.529. The number of halogens is 1. The maximum Gasteiger partial charge on any atom is 0.236 e. The number of carbonyl (C=O) groups is 2. The molecule has 2 amide bonds. The minimum Gasteiger partial charge on any atom is -0.340 e. The highest BCUT2D eigenvalue weighted by atomic mass is 35.5. The highest BCUT2D eigenvalue weighted by Gasteiger charge is 2.31. The zero-order chi connectivity index (χ0) is 16.2. The number of piperazine rings is 1. The van der Waals surface area contributed by atoms with Crippen molar-refractivity contribution in [1.82, 2.24) is 15.1 Å². The molecule has 23 heavy (non-hydrogen) atoms. The Hall–Kier alpha value is -1.59. The molecule has 0 aromatic heterocycles. The van der Waals surface area contributed by atoms with Gasteiger partial charge in [-0.05, 0) is 30.5 Å². The van der Waals surface area contributed by atoms with Crippen molar-refractivity contribution in [2.24, 2.45) is 0 Å². The molecular weight excluding hydrogens is 314 g/mol. The molecule has 1 unspecified atom stereocenters. The van der Waals surface area contributed by atoms with Gasteiger partial charge in [-0.2, -0.15) is 0 Å². The highest BCUT2D eigenvalue weighted by molar-refractivity contribution is 6.30. The summed E-state index contributed by atoms with van der Waals surface area (Å²) >= 11 is 5.88. The lowest BCUT2D eigenvalue weighted by molar-refractivity contribution is -0.140. The Morgan fingerprint density at radius 2 is 2.04 bits per heavy atom. The standard InChI is InChI=1S/C17H22ClN3O2/c18-14-5-3-13(4-6-14)10-16(22)20-8-1-2-15(12-20)21-9-7-19-11-17(21)23/h3-6,15,19H,1-2,7-12H2. The number of rotatable bonds is 3. The van der Waals surface area contributed by atoms with Gasteiger partial charge in [-0.1, -0.05) is 23.7 Å². The summed E-state index contributed by atoms with van der Waals surface area (Å²) in [5.41, 5.74) is 0.972. The number of benzene rings is 1. The minimum absolute atomic E-state index is 0.125. The number of nitrogens with one attached hydrogen (secondary N) is 1. The summed E-state index contributed by atoms with van der Waals surface area (Å²) in [7, 11) is 0. The monoisotopic (exact) mass is 335 g/mol. The lowest BCUT2D eigenvalue weighted by atomic mass is 10.0. The lowest BCUT2D eigenvalue weighted by Gasteiger charge is -2.41. The van der Waals surface area contributed by atoms with Crippen LogP contribution in [0.2, 0.25) is 5.02 Å². The molecule has 0 aliphatic carbocycles. The zero-order valence-corrected chi connectivity index (χ0v) is 13.9. The molecule has 6 heteroatoms. The van der Waals surface area contributed by atoms with E-state index in [0.29, 0.717) is 24.5 Å². The molecule has 2 aliphatic rings. The van der Waals surface area contributed by atoms with E-state index < -0.39 is 0 Å². The van der Waals surface area contributed by atoms with Gasteiger partial charge in [0.05, 0.1) is 13.0 Å². The number of piperidine rings is 1. The summed E-state index contributed by atoms with van der Waals surface area (Å²) in [6, 6.07) is 7.56. The van der Waals surface area contributed by atoms with Crippen LogP contribution in [0.4, 0.5) is 0 Å². The molecule has 2 aliphatic heterocycles. The molecule has 0 bridgehead atoms. The van der Waals surface area contributed by atoms with Gasteiger partial charge in [0.15, 0.2) is 0 Å². The van der Waals surface area contributed by atoms with Crippen molar-refractivity contribution >= 4 is 23.4 Å². The summed E-state index contributed by atoms with van der Waals surface area (Å²) < 4.78 is 0. The first-order chi connectivity index (χ1) is 11.1. The van der Waals surface area contributed by atoms with Crippen molar-refractivity contribution in [2.45, 2.75) is 25.3 Å². The molecule has 1 atom stereocenters. The Labute approximate surface area is 141 Å². The topological polar surface area (TPSA) is 52.7 Å². The molecule has 0 radical (unpaired) electrons. The van der Waals surface area contributed by atoms with Crippen molar-refractivity contribution in [3.05, 3.63) is 34.9 Å². The van der Waals surface area contributed by atoms with Gasteiger partial charge in [-0.25, -0.2) is 0 Å². The van der Waals surface area contributed by atoms with Crippen LogP contribution >= 0.6 is 11.6 Å². The molecule has 124 valence electrons. The van der Waals surface area contributed by atoms with E-state index in [4.69, 9.17) is 11.6 Å². The van der Waals surface area contributed by atoms with Gasteiger partial charge >= 0.3 is 0 Å². The highest BCUT2D eigenvalue weighted by Crippen LogP contribution is 2.18. The maximum absolute atomic E-state index is 12.5. The maximum atomic E-state index is 12.5. The van der Waals surface area contributed by atoms with Gasteiger partial charge in [0, 0.05) is 37.2 Å². The third-order valence-electron chi connectivity index (χ3n) is 4.58. The number of likely N-dealkylation sites (tertiary alicyclic amines) is 1. The number of nitrogens with zero attached hydrogens (tertiary/aromatic N) is 2. The van der Waals surface area contributed by atoms with Crippen molar-refractivity contribution in [1.29, 1.82) is 0 Å². The Balaban J connectivity index is 1.60. The first kappa shape index (κ1) is 16.3. The molecule has 0 saturated carbocycles. The normalized spacial score (nSPS) is 22.3. The van der Waals surface area contributed by atoms with Crippen LogP contribution in [-0.2, 0) is 16.0 Å². The third-order valence-corrected chi connectivity index (χ3v) is 4.84.